The van der Waals surface area contributed by atoms with E-state index in [2.05, 4.69) is 6.92 Å². The third-order valence-electron chi connectivity index (χ3n) is 2.03. The zero-order chi connectivity index (χ0) is 12.7. The van der Waals surface area contributed by atoms with Crippen molar-refractivity contribution in [3.63, 3.8) is 0 Å². The third-order valence-corrected chi connectivity index (χ3v) is 3.18. The fourth-order valence-electron chi connectivity index (χ4n) is 1.20. The molecule has 0 amide bonds. The number of benzene rings is 1. The smallest absolute Gasteiger partial charge is 0.416 e. The molecule has 0 saturated carbocycles. The monoisotopic (exact) mass is 264 g/mol. The maximum Gasteiger partial charge on any atom is 0.416 e. The van der Waals surface area contributed by atoms with Crippen molar-refractivity contribution in [2.24, 2.45) is 0 Å². The van der Waals surface area contributed by atoms with Crippen LogP contribution in [0.1, 0.15) is 18.9 Å². The topological polar surface area (TPSA) is 9.23 Å². The first-order valence-corrected chi connectivity index (χ1v) is 6.57. The van der Waals surface area contributed by atoms with E-state index < -0.39 is 11.7 Å². The number of ether oxygens (including phenoxy) is 1. The number of hydrogen-bond donors (Lipinski definition) is 0. The second-order valence-corrected chi connectivity index (χ2v) is 4.71. The maximum atomic E-state index is 12.3. The standard InChI is InChI=1S/C12H15F3OS/c1-2-8-17-9-7-16-11-5-3-10(4-6-11)12(13,14)15/h3-6H,2,7-9H2,1H3. The molecule has 0 bridgehead atoms. The van der Waals surface area contributed by atoms with Gasteiger partial charge in [-0.15, -0.1) is 0 Å². The fourth-order valence-corrected chi connectivity index (χ4v) is 1.90. The van der Waals surface area contributed by atoms with E-state index in [0.29, 0.717) is 12.4 Å². The van der Waals surface area contributed by atoms with Gasteiger partial charge in [-0.2, -0.15) is 24.9 Å². The minimum atomic E-state index is -4.28. The van der Waals surface area contributed by atoms with Crippen LogP contribution in [0.15, 0.2) is 24.3 Å². The van der Waals surface area contributed by atoms with Crippen molar-refractivity contribution in [3.05, 3.63) is 29.8 Å². The molecule has 0 aliphatic heterocycles. The Bertz CT molecular complexity index is 322. The number of thioether (sulfide) groups is 1. The van der Waals surface area contributed by atoms with Gasteiger partial charge in [0.1, 0.15) is 5.75 Å². The zero-order valence-corrected chi connectivity index (χ0v) is 10.4. The van der Waals surface area contributed by atoms with Crippen LogP contribution < -0.4 is 4.74 Å². The van der Waals surface area contributed by atoms with Crippen LogP contribution in [0.25, 0.3) is 0 Å². The van der Waals surface area contributed by atoms with Crippen molar-refractivity contribution >= 4 is 11.8 Å². The Kier molecular flexibility index (Phi) is 5.68. The number of rotatable bonds is 6. The Morgan fingerprint density at radius 3 is 2.29 bits per heavy atom. The van der Waals surface area contributed by atoms with Gasteiger partial charge in [-0.3, -0.25) is 0 Å². The first kappa shape index (κ1) is 14.2. The first-order valence-electron chi connectivity index (χ1n) is 5.42. The highest BCUT2D eigenvalue weighted by Gasteiger charge is 2.29. The van der Waals surface area contributed by atoms with Crippen LogP contribution in [0.5, 0.6) is 5.75 Å². The lowest BCUT2D eigenvalue weighted by Gasteiger charge is -2.08. The minimum absolute atomic E-state index is 0.482. The number of hydrogen-bond acceptors (Lipinski definition) is 2. The summed E-state index contributed by atoms with van der Waals surface area (Å²) < 4.78 is 42.1. The number of halogens is 3. The van der Waals surface area contributed by atoms with Crippen LogP contribution in [0.3, 0.4) is 0 Å². The largest absolute Gasteiger partial charge is 0.493 e. The predicted octanol–water partition coefficient (Wildman–Crippen LogP) is 4.23. The van der Waals surface area contributed by atoms with Gasteiger partial charge in [-0.05, 0) is 36.4 Å². The summed E-state index contributed by atoms with van der Waals surface area (Å²) in [6.07, 6.45) is -3.17. The average Bonchev–Trinajstić information content (AvgIpc) is 2.28. The van der Waals surface area contributed by atoms with E-state index in [1.165, 1.54) is 12.1 Å². The van der Waals surface area contributed by atoms with Gasteiger partial charge in [0.05, 0.1) is 12.2 Å². The summed E-state index contributed by atoms with van der Waals surface area (Å²) in [5.74, 6) is 2.42. The Balaban J connectivity index is 2.36. The van der Waals surface area contributed by atoms with Crippen LogP contribution in [0.2, 0.25) is 0 Å². The molecule has 0 aliphatic rings. The molecule has 0 atom stereocenters. The van der Waals surface area contributed by atoms with Crippen molar-refractivity contribution in [3.8, 4) is 5.75 Å². The molecule has 1 rings (SSSR count). The second kappa shape index (κ2) is 6.79. The average molecular weight is 264 g/mol. The maximum absolute atomic E-state index is 12.3. The van der Waals surface area contributed by atoms with Gasteiger partial charge in [-0.25, -0.2) is 0 Å². The Morgan fingerprint density at radius 1 is 1.12 bits per heavy atom. The molecule has 0 spiro atoms. The lowest BCUT2D eigenvalue weighted by atomic mass is 10.2. The molecule has 0 unspecified atom stereocenters. The van der Waals surface area contributed by atoms with Crippen molar-refractivity contribution in [1.29, 1.82) is 0 Å². The fraction of sp³-hybridized carbons (Fsp3) is 0.500. The lowest BCUT2D eigenvalue weighted by Crippen LogP contribution is -2.05. The summed E-state index contributed by atoms with van der Waals surface area (Å²) in [7, 11) is 0. The molecule has 0 aromatic heterocycles. The molecule has 0 fully saturated rings. The number of alkyl halides is 3. The van der Waals surface area contributed by atoms with E-state index >= 15 is 0 Å². The van der Waals surface area contributed by atoms with Crippen molar-refractivity contribution in [1.82, 2.24) is 0 Å². The van der Waals surface area contributed by atoms with Gasteiger partial charge < -0.3 is 4.74 Å². The molecule has 0 saturated heterocycles. The quantitative estimate of drug-likeness (QED) is 0.711. The first-order chi connectivity index (χ1) is 8.04. The summed E-state index contributed by atoms with van der Waals surface area (Å²) in [6, 6.07) is 4.78. The van der Waals surface area contributed by atoms with Crippen molar-refractivity contribution in [2.75, 3.05) is 18.1 Å². The SMILES string of the molecule is CCCSCCOc1ccc(C(F)(F)F)cc1. The highest BCUT2D eigenvalue weighted by Crippen LogP contribution is 2.30. The summed E-state index contributed by atoms with van der Waals surface area (Å²) in [5.41, 5.74) is -0.648. The van der Waals surface area contributed by atoms with Gasteiger partial charge in [0, 0.05) is 5.75 Å². The van der Waals surface area contributed by atoms with Crippen LogP contribution in [0.4, 0.5) is 13.2 Å². The predicted molar refractivity (Wildman–Crippen MR) is 64.6 cm³/mol. The van der Waals surface area contributed by atoms with E-state index in [-0.39, 0.29) is 0 Å². The highest BCUT2D eigenvalue weighted by atomic mass is 32.2. The molecule has 0 aliphatic carbocycles. The molecule has 1 nitrogen and oxygen atoms in total. The van der Waals surface area contributed by atoms with Gasteiger partial charge in [0.15, 0.2) is 0 Å². The van der Waals surface area contributed by atoms with Crippen LogP contribution in [-0.2, 0) is 6.18 Å². The molecule has 5 heteroatoms. The van der Waals surface area contributed by atoms with Gasteiger partial charge in [0.2, 0.25) is 0 Å². The molecule has 17 heavy (non-hydrogen) atoms. The Morgan fingerprint density at radius 2 is 1.76 bits per heavy atom. The van der Waals surface area contributed by atoms with Crippen molar-refractivity contribution < 1.29 is 17.9 Å². The molecule has 1 aromatic rings. The Hall–Kier alpha value is -0.840. The molecule has 96 valence electrons. The van der Waals surface area contributed by atoms with E-state index in [0.717, 1.165) is 30.1 Å². The van der Waals surface area contributed by atoms with Crippen LogP contribution >= 0.6 is 11.8 Å². The normalized spacial score (nSPS) is 11.5. The summed E-state index contributed by atoms with van der Waals surface area (Å²) in [6.45, 7) is 2.62. The third kappa shape index (κ3) is 5.35. The second-order valence-electron chi connectivity index (χ2n) is 3.48. The van der Waals surface area contributed by atoms with E-state index in [9.17, 15) is 13.2 Å². The molecule has 0 radical (unpaired) electrons. The van der Waals surface area contributed by atoms with E-state index in [1.54, 1.807) is 11.8 Å². The Labute approximate surface area is 103 Å². The molecule has 1 aromatic carbocycles. The highest BCUT2D eigenvalue weighted by molar-refractivity contribution is 7.99. The summed E-state index contributed by atoms with van der Waals surface area (Å²) >= 11 is 1.77. The van der Waals surface area contributed by atoms with E-state index in [1.807, 2.05) is 0 Å². The van der Waals surface area contributed by atoms with E-state index in [4.69, 9.17) is 4.74 Å². The molecule has 0 N–H and O–H groups in total. The van der Waals surface area contributed by atoms with Gasteiger partial charge >= 0.3 is 6.18 Å². The zero-order valence-electron chi connectivity index (χ0n) is 9.59. The molecular formula is C12H15F3OS. The molecular weight excluding hydrogens is 249 g/mol. The van der Waals surface area contributed by atoms with Gasteiger partial charge in [-0.1, -0.05) is 6.92 Å². The van der Waals surface area contributed by atoms with Crippen LogP contribution in [0, 0.1) is 0 Å². The summed E-state index contributed by atoms with van der Waals surface area (Å²) in [5, 5.41) is 0. The van der Waals surface area contributed by atoms with Gasteiger partial charge in [0.25, 0.3) is 0 Å². The molecule has 0 heterocycles. The minimum Gasteiger partial charge on any atom is -0.493 e. The van der Waals surface area contributed by atoms with Crippen LogP contribution in [-0.4, -0.2) is 18.1 Å². The lowest BCUT2D eigenvalue weighted by molar-refractivity contribution is -0.137. The summed E-state index contributed by atoms with van der Waals surface area (Å²) in [4.78, 5) is 0. The van der Waals surface area contributed by atoms with Crippen molar-refractivity contribution in [2.45, 2.75) is 19.5 Å².